The second-order valence-electron chi connectivity index (χ2n) is 5.68. The average molecular weight is 419 g/mol. The molecule has 0 radical (unpaired) electrons. The molecule has 2 aromatic carbocycles. The summed E-state index contributed by atoms with van der Waals surface area (Å²) in [5.41, 5.74) is 1.60. The maximum Gasteiger partial charge on any atom is 0.226 e. The van der Waals surface area contributed by atoms with E-state index in [1.165, 1.54) is 29.2 Å². The lowest BCUT2D eigenvalue weighted by Gasteiger charge is -2.08. The largest absolute Gasteiger partial charge is 0.493 e. The number of ether oxygens (including phenoxy) is 2. The van der Waals surface area contributed by atoms with Crippen molar-refractivity contribution in [2.24, 2.45) is 0 Å². The summed E-state index contributed by atoms with van der Waals surface area (Å²) in [5, 5.41) is 5.17. The number of rotatable bonds is 8. The van der Waals surface area contributed by atoms with Crippen LogP contribution < -0.4 is 14.8 Å². The highest BCUT2D eigenvalue weighted by Crippen LogP contribution is 2.33. The van der Waals surface area contributed by atoms with Crippen LogP contribution in [0, 0.1) is 5.82 Å². The highest BCUT2D eigenvalue weighted by molar-refractivity contribution is 7.99. The van der Waals surface area contributed by atoms with Gasteiger partial charge in [0.1, 0.15) is 5.82 Å². The van der Waals surface area contributed by atoms with Crippen molar-refractivity contribution in [2.75, 3.05) is 25.3 Å². The van der Waals surface area contributed by atoms with Gasteiger partial charge >= 0.3 is 0 Å². The molecule has 1 aromatic heterocycles. The van der Waals surface area contributed by atoms with Gasteiger partial charge in [-0.25, -0.2) is 9.37 Å². The number of benzene rings is 2. The second kappa shape index (κ2) is 9.57. The standard InChI is InChI=1S/C20H19FN2O3S2/c1-25-16-8-7-13(11-17(16)26-2)15-12-28-20(22-15)23-19(24)9-10-27-18-6-4-3-5-14(18)21/h3-8,11-12H,9-10H2,1-2H3,(H,22,23,24). The van der Waals surface area contributed by atoms with Crippen molar-refractivity contribution in [1.82, 2.24) is 4.98 Å². The maximum absolute atomic E-state index is 13.6. The van der Waals surface area contributed by atoms with Gasteiger partial charge in [0.25, 0.3) is 0 Å². The van der Waals surface area contributed by atoms with E-state index in [4.69, 9.17) is 9.47 Å². The van der Waals surface area contributed by atoms with Gasteiger partial charge in [-0.2, -0.15) is 0 Å². The van der Waals surface area contributed by atoms with Crippen molar-refractivity contribution < 1.29 is 18.7 Å². The van der Waals surface area contributed by atoms with E-state index in [-0.39, 0.29) is 18.1 Å². The van der Waals surface area contributed by atoms with Crippen LogP contribution in [0.3, 0.4) is 0 Å². The lowest BCUT2D eigenvalue weighted by atomic mass is 10.1. The Balaban J connectivity index is 1.57. The molecule has 0 aliphatic rings. The van der Waals surface area contributed by atoms with Gasteiger partial charge in [0.2, 0.25) is 5.91 Å². The van der Waals surface area contributed by atoms with E-state index < -0.39 is 0 Å². The molecule has 0 bridgehead atoms. The summed E-state index contributed by atoms with van der Waals surface area (Å²) in [4.78, 5) is 17.1. The van der Waals surface area contributed by atoms with E-state index in [0.29, 0.717) is 27.3 Å². The van der Waals surface area contributed by atoms with E-state index in [9.17, 15) is 9.18 Å². The minimum absolute atomic E-state index is 0.156. The topological polar surface area (TPSA) is 60.5 Å². The summed E-state index contributed by atoms with van der Waals surface area (Å²) in [7, 11) is 3.16. The van der Waals surface area contributed by atoms with Crippen molar-refractivity contribution in [1.29, 1.82) is 0 Å². The third-order valence-corrected chi connectivity index (χ3v) is 5.66. The van der Waals surface area contributed by atoms with Crippen LogP contribution in [-0.2, 0) is 4.79 Å². The molecule has 3 rings (SSSR count). The molecule has 0 atom stereocenters. The molecule has 0 spiro atoms. The van der Waals surface area contributed by atoms with Crippen LogP contribution in [-0.4, -0.2) is 30.9 Å². The number of hydrogen-bond acceptors (Lipinski definition) is 6. The number of thioether (sulfide) groups is 1. The lowest BCUT2D eigenvalue weighted by molar-refractivity contribution is -0.115. The molecule has 28 heavy (non-hydrogen) atoms. The number of carbonyl (C=O) groups excluding carboxylic acids is 1. The molecule has 0 saturated heterocycles. The van der Waals surface area contributed by atoms with E-state index in [1.807, 2.05) is 23.6 Å². The molecular weight excluding hydrogens is 399 g/mol. The first kappa shape index (κ1) is 20.2. The summed E-state index contributed by atoms with van der Waals surface area (Å²) >= 11 is 2.66. The van der Waals surface area contributed by atoms with Gasteiger partial charge in [0.15, 0.2) is 16.6 Å². The summed E-state index contributed by atoms with van der Waals surface area (Å²) in [6.45, 7) is 0. The first-order valence-electron chi connectivity index (χ1n) is 8.46. The predicted molar refractivity (Wildman–Crippen MR) is 111 cm³/mol. The quantitative estimate of drug-likeness (QED) is 0.517. The predicted octanol–water partition coefficient (Wildman–Crippen LogP) is 5.09. The Morgan fingerprint density at radius 2 is 1.96 bits per heavy atom. The molecular formula is C20H19FN2O3S2. The first-order valence-corrected chi connectivity index (χ1v) is 10.3. The number of aromatic nitrogens is 1. The Hall–Kier alpha value is -2.58. The van der Waals surface area contributed by atoms with E-state index in [0.717, 1.165) is 11.3 Å². The second-order valence-corrected chi connectivity index (χ2v) is 7.68. The van der Waals surface area contributed by atoms with Gasteiger partial charge < -0.3 is 14.8 Å². The molecule has 0 saturated carbocycles. The molecule has 5 nitrogen and oxygen atoms in total. The van der Waals surface area contributed by atoms with E-state index in [1.54, 1.807) is 32.4 Å². The summed E-state index contributed by atoms with van der Waals surface area (Å²) in [6, 6.07) is 12.1. The Bertz CT molecular complexity index is 962. The molecule has 8 heteroatoms. The minimum Gasteiger partial charge on any atom is -0.493 e. The molecule has 0 aliphatic heterocycles. The normalized spacial score (nSPS) is 10.5. The average Bonchev–Trinajstić information content (AvgIpc) is 3.17. The number of nitrogens with one attached hydrogen (secondary N) is 1. The number of methoxy groups -OCH3 is 2. The number of amides is 1. The zero-order valence-electron chi connectivity index (χ0n) is 15.4. The third kappa shape index (κ3) is 5.02. The molecule has 0 fully saturated rings. The van der Waals surface area contributed by atoms with Gasteiger partial charge in [0, 0.05) is 28.0 Å². The van der Waals surface area contributed by atoms with Gasteiger partial charge in [0.05, 0.1) is 19.9 Å². The van der Waals surface area contributed by atoms with E-state index >= 15 is 0 Å². The molecule has 1 amide bonds. The van der Waals surface area contributed by atoms with Crippen LogP contribution in [0.15, 0.2) is 52.7 Å². The Morgan fingerprint density at radius 1 is 1.18 bits per heavy atom. The highest BCUT2D eigenvalue weighted by atomic mass is 32.2. The van der Waals surface area contributed by atoms with Crippen molar-refractivity contribution in [3.8, 4) is 22.8 Å². The van der Waals surface area contributed by atoms with Crippen LogP contribution in [0.4, 0.5) is 9.52 Å². The lowest BCUT2D eigenvalue weighted by Crippen LogP contribution is -2.12. The van der Waals surface area contributed by atoms with E-state index in [2.05, 4.69) is 10.3 Å². The summed E-state index contributed by atoms with van der Waals surface area (Å²) in [6.07, 6.45) is 0.268. The van der Waals surface area contributed by atoms with Crippen LogP contribution >= 0.6 is 23.1 Å². The number of thiazole rings is 1. The van der Waals surface area contributed by atoms with Crippen LogP contribution in [0.5, 0.6) is 11.5 Å². The SMILES string of the molecule is COc1ccc(-c2csc(NC(=O)CCSc3ccccc3F)n2)cc1OC. The Kier molecular flexibility index (Phi) is 6.89. The monoisotopic (exact) mass is 418 g/mol. The van der Waals surface area contributed by atoms with Gasteiger partial charge in [-0.1, -0.05) is 12.1 Å². The fourth-order valence-electron chi connectivity index (χ4n) is 2.46. The molecule has 0 aliphatic carbocycles. The van der Waals surface area contributed by atoms with Crippen LogP contribution in [0.25, 0.3) is 11.3 Å². The molecule has 1 heterocycles. The third-order valence-electron chi connectivity index (χ3n) is 3.85. The van der Waals surface area contributed by atoms with Crippen molar-refractivity contribution in [3.63, 3.8) is 0 Å². The molecule has 146 valence electrons. The van der Waals surface area contributed by atoms with Gasteiger partial charge in [-0.15, -0.1) is 23.1 Å². The molecule has 1 N–H and O–H groups in total. The fourth-order valence-corrected chi connectivity index (χ4v) is 4.08. The van der Waals surface area contributed by atoms with Crippen molar-refractivity contribution in [2.45, 2.75) is 11.3 Å². The maximum atomic E-state index is 13.6. The number of hydrogen-bond donors (Lipinski definition) is 1. The summed E-state index contributed by atoms with van der Waals surface area (Å²) < 4.78 is 24.1. The fraction of sp³-hybridized carbons (Fsp3) is 0.200. The first-order chi connectivity index (χ1) is 13.6. The Labute approximate surface area is 170 Å². The van der Waals surface area contributed by atoms with Crippen LogP contribution in [0.2, 0.25) is 0 Å². The van der Waals surface area contributed by atoms with Crippen LogP contribution in [0.1, 0.15) is 6.42 Å². The van der Waals surface area contributed by atoms with Gasteiger partial charge in [-0.3, -0.25) is 4.79 Å². The molecule has 0 unspecified atom stereocenters. The number of halogens is 1. The van der Waals surface area contributed by atoms with Gasteiger partial charge in [-0.05, 0) is 30.3 Å². The smallest absolute Gasteiger partial charge is 0.226 e. The van der Waals surface area contributed by atoms with Crippen molar-refractivity contribution in [3.05, 3.63) is 53.7 Å². The molecule has 3 aromatic rings. The highest BCUT2D eigenvalue weighted by Gasteiger charge is 2.11. The van der Waals surface area contributed by atoms with Crippen molar-refractivity contribution >= 4 is 34.1 Å². The zero-order valence-corrected chi connectivity index (χ0v) is 17.0. The minimum atomic E-state index is -0.271. The zero-order chi connectivity index (χ0) is 19.9. The summed E-state index contributed by atoms with van der Waals surface area (Å²) in [5.74, 6) is 1.32. The number of carbonyl (C=O) groups is 1. The number of nitrogens with zero attached hydrogens (tertiary/aromatic N) is 1. The number of anilines is 1. The Morgan fingerprint density at radius 3 is 2.71 bits per heavy atom.